The molecule has 12 heavy (non-hydrogen) atoms. The second-order valence-electron chi connectivity index (χ2n) is 3.38. The quantitative estimate of drug-likeness (QED) is 0.611. The molecule has 4 nitrogen and oxygen atoms in total. The van der Waals surface area contributed by atoms with Crippen LogP contribution in [0.5, 0.6) is 0 Å². The number of hydrogen-bond acceptors (Lipinski definition) is 4. The Morgan fingerprint density at radius 3 is 2.92 bits per heavy atom. The highest BCUT2D eigenvalue weighted by Gasteiger charge is 2.60. The van der Waals surface area contributed by atoms with Crippen molar-refractivity contribution in [3.05, 3.63) is 0 Å². The number of hydrogen-bond donors (Lipinski definition) is 1. The van der Waals surface area contributed by atoms with Crippen molar-refractivity contribution in [1.29, 1.82) is 0 Å². The second kappa shape index (κ2) is 2.89. The molecule has 2 fully saturated rings. The van der Waals surface area contributed by atoms with Crippen LogP contribution in [-0.4, -0.2) is 42.2 Å². The van der Waals surface area contributed by atoms with Crippen molar-refractivity contribution in [2.24, 2.45) is 0 Å². The molecule has 0 aromatic rings. The summed E-state index contributed by atoms with van der Waals surface area (Å²) >= 11 is 0. The maximum absolute atomic E-state index is 9.17. The molecule has 0 aliphatic carbocycles. The Morgan fingerprint density at radius 2 is 2.50 bits per heavy atom. The van der Waals surface area contributed by atoms with Crippen LogP contribution < -0.4 is 0 Å². The van der Waals surface area contributed by atoms with Crippen LogP contribution in [0.2, 0.25) is 0 Å². The van der Waals surface area contributed by atoms with E-state index in [-0.39, 0.29) is 24.9 Å². The lowest BCUT2D eigenvalue weighted by atomic mass is 10.0. The summed E-state index contributed by atoms with van der Waals surface area (Å²) in [5, 5.41) is 9.17. The van der Waals surface area contributed by atoms with Crippen molar-refractivity contribution in [3.8, 4) is 0 Å². The normalized spacial score (nSPS) is 51.8. The first-order valence-corrected chi connectivity index (χ1v) is 4.46. The summed E-state index contributed by atoms with van der Waals surface area (Å²) in [5.41, 5.74) is -0.619. The van der Waals surface area contributed by atoms with Crippen LogP contribution in [0.15, 0.2) is 0 Å². The van der Waals surface area contributed by atoms with E-state index in [2.05, 4.69) is 9.47 Å². The Hall–Kier alpha value is 0.270. The molecule has 2 aliphatic heterocycles. The van der Waals surface area contributed by atoms with Crippen molar-refractivity contribution < 1.29 is 19.1 Å². The summed E-state index contributed by atoms with van der Waals surface area (Å²) < 4.78 is 16.2. The van der Waals surface area contributed by atoms with Gasteiger partial charge in [0.15, 0.2) is 0 Å². The molecule has 2 saturated heterocycles. The van der Waals surface area contributed by atoms with E-state index in [0.717, 1.165) is 0 Å². The van der Waals surface area contributed by atoms with Crippen molar-refractivity contribution in [2.75, 3.05) is 13.2 Å². The molecular weight excluding hydrogens is 179 g/mol. The van der Waals surface area contributed by atoms with Crippen molar-refractivity contribution in [1.82, 2.24) is 0 Å². The van der Waals surface area contributed by atoms with Gasteiger partial charge in [0.2, 0.25) is 0 Å². The molecule has 0 spiro atoms. The third-order valence-electron chi connectivity index (χ3n) is 2.63. The van der Waals surface area contributed by atoms with E-state index in [0.29, 0.717) is 6.61 Å². The van der Waals surface area contributed by atoms with Gasteiger partial charge in [-0.3, -0.25) is 0 Å². The standard InChI is InChI=1S/C7H13O4P/c1-4-5-6(11-12)7(2-8,10-4)3-9-5/h4-6,8H,2-3,12H2,1H3/t4-,5?,6+,7?/m1/s1. The van der Waals surface area contributed by atoms with Crippen LogP contribution in [-0.2, 0) is 14.0 Å². The van der Waals surface area contributed by atoms with E-state index >= 15 is 0 Å². The summed E-state index contributed by atoms with van der Waals surface area (Å²) in [4.78, 5) is 0. The lowest BCUT2D eigenvalue weighted by Gasteiger charge is -2.27. The molecule has 5 atom stereocenters. The minimum atomic E-state index is -0.619. The highest BCUT2D eigenvalue weighted by molar-refractivity contribution is 7.09. The van der Waals surface area contributed by atoms with E-state index < -0.39 is 5.60 Å². The molecule has 0 aromatic carbocycles. The summed E-state index contributed by atoms with van der Waals surface area (Å²) in [6, 6.07) is 0. The van der Waals surface area contributed by atoms with Crippen molar-refractivity contribution in [2.45, 2.75) is 30.8 Å². The minimum absolute atomic E-state index is 0.0106. The molecule has 2 rings (SSSR count). The Kier molecular flexibility index (Phi) is 2.13. The molecule has 2 aliphatic rings. The number of ether oxygens (including phenoxy) is 2. The van der Waals surface area contributed by atoms with Gasteiger partial charge < -0.3 is 19.1 Å². The van der Waals surface area contributed by atoms with E-state index in [4.69, 9.17) is 19.1 Å². The summed E-state index contributed by atoms with van der Waals surface area (Å²) in [6.07, 6.45) is -0.173. The van der Waals surface area contributed by atoms with E-state index in [1.54, 1.807) is 0 Å². The molecule has 0 aromatic heterocycles. The number of rotatable bonds is 2. The SMILES string of the molecule is C[C@H]1OC2(CO)COC1[C@@H]2OP. The third-order valence-corrected chi connectivity index (χ3v) is 2.93. The van der Waals surface area contributed by atoms with Gasteiger partial charge in [0, 0.05) is 9.47 Å². The average Bonchev–Trinajstić information content (AvgIpc) is 2.56. The zero-order valence-corrected chi connectivity index (χ0v) is 8.05. The summed E-state index contributed by atoms with van der Waals surface area (Å²) in [5.74, 6) is 0. The summed E-state index contributed by atoms with van der Waals surface area (Å²) in [7, 11) is 2.20. The van der Waals surface area contributed by atoms with Crippen LogP contribution in [0.3, 0.4) is 0 Å². The Morgan fingerprint density at radius 1 is 1.75 bits per heavy atom. The molecule has 3 unspecified atom stereocenters. The minimum Gasteiger partial charge on any atom is -0.393 e. The van der Waals surface area contributed by atoms with Crippen LogP contribution in [0, 0.1) is 0 Å². The predicted octanol–water partition coefficient (Wildman–Crippen LogP) is -0.290. The summed E-state index contributed by atoms with van der Waals surface area (Å²) in [6.45, 7) is 2.31. The maximum atomic E-state index is 9.17. The van der Waals surface area contributed by atoms with Gasteiger partial charge in [0.05, 0.1) is 19.3 Å². The zero-order valence-electron chi connectivity index (χ0n) is 6.90. The van der Waals surface area contributed by atoms with Gasteiger partial charge in [-0.25, -0.2) is 0 Å². The smallest absolute Gasteiger partial charge is 0.144 e. The lowest BCUT2D eigenvalue weighted by Crippen LogP contribution is -2.44. The van der Waals surface area contributed by atoms with Gasteiger partial charge in [-0.1, -0.05) is 0 Å². The molecule has 1 N–H and O–H groups in total. The number of aliphatic hydroxyl groups excluding tert-OH is 1. The zero-order chi connectivity index (χ0) is 8.77. The van der Waals surface area contributed by atoms with Gasteiger partial charge in [-0.05, 0) is 6.92 Å². The average molecular weight is 192 g/mol. The Bertz CT molecular complexity index is 188. The predicted molar refractivity (Wildman–Crippen MR) is 44.7 cm³/mol. The second-order valence-corrected chi connectivity index (χ2v) is 3.65. The fourth-order valence-corrected chi connectivity index (χ4v) is 2.40. The van der Waals surface area contributed by atoms with E-state index in [1.807, 2.05) is 6.92 Å². The van der Waals surface area contributed by atoms with Gasteiger partial charge in [0.1, 0.15) is 17.8 Å². The molecular formula is C7H13O4P. The van der Waals surface area contributed by atoms with E-state index in [1.165, 1.54) is 0 Å². The van der Waals surface area contributed by atoms with Crippen LogP contribution in [0.1, 0.15) is 6.92 Å². The highest BCUT2D eigenvalue weighted by atomic mass is 31.0. The van der Waals surface area contributed by atoms with Crippen LogP contribution in [0.4, 0.5) is 0 Å². The van der Waals surface area contributed by atoms with Crippen LogP contribution in [0.25, 0.3) is 0 Å². The molecule has 0 radical (unpaired) electrons. The fourth-order valence-electron chi connectivity index (χ4n) is 2.00. The van der Waals surface area contributed by atoms with Gasteiger partial charge >= 0.3 is 0 Å². The Labute approximate surface area is 73.5 Å². The number of fused-ring (bicyclic) bond motifs is 2. The fraction of sp³-hybridized carbons (Fsp3) is 1.00. The van der Waals surface area contributed by atoms with E-state index in [9.17, 15) is 0 Å². The maximum Gasteiger partial charge on any atom is 0.144 e. The number of aliphatic hydroxyl groups is 1. The first kappa shape index (κ1) is 8.85. The molecule has 0 amide bonds. The third kappa shape index (κ3) is 0.963. The van der Waals surface area contributed by atoms with Gasteiger partial charge in [0.25, 0.3) is 0 Å². The molecule has 2 bridgehead atoms. The Balaban J connectivity index is 2.23. The molecule has 2 heterocycles. The topological polar surface area (TPSA) is 47.9 Å². The van der Waals surface area contributed by atoms with Crippen molar-refractivity contribution in [3.63, 3.8) is 0 Å². The van der Waals surface area contributed by atoms with Crippen molar-refractivity contribution >= 4 is 9.47 Å². The van der Waals surface area contributed by atoms with Crippen LogP contribution >= 0.6 is 9.47 Å². The highest BCUT2D eigenvalue weighted by Crippen LogP contribution is 2.42. The monoisotopic (exact) mass is 192 g/mol. The molecule has 70 valence electrons. The van der Waals surface area contributed by atoms with Gasteiger partial charge in [-0.2, -0.15) is 0 Å². The first-order valence-electron chi connectivity index (χ1n) is 3.99. The lowest BCUT2D eigenvalue weighted by molar-refractivity contribution is -0.153. The van der Waals surface area contributed by atoms with Gasteiger partial charge in [-0.15, -0.1) is 0 Å². The largest absolute Gasteiger partial charge is 0.393 e. The first-order chi connectivity index (χ1) is 5.73. The molecule has 5 heteroatoms. The molecule has 0 saturated carbocycles.